The van der Waals surface area contributed by atoms with Crippen LogP contribution in [0.3, 0.4) is 0 Å². The zero-order chi connectivity index (χ0) is 13.0. The van der Waals surface area contributed by atoms with Crippen LogP contribution in [0.25, 0.3) is 0 Å². The molecule has 2 heterocycles. The first-order valence-corrected chi connectivity index (χ1v) is 5.92. The van der Waals surface area contributed by atoms with Crippen molar-refractivity contribution in [1.82, 2.24) is 15.3 Å². The van der Waals surface area contributed by atoms with Crippen LogP contribution in [0.4, 0.5) is 0 Å². The molecular formula is C14H17N3O. The molecule has 0 atom stereocenters. The molecule has 0 aliphatic heterocycles. The third-order valence-corrected chi connectivity index (χ3v) is 2.84. The molecule has 0 radical (unpaired) electrons. The van der Waals surface area contributed by atoms with Crippen LogP contribution in [0.2, 0.25) is 0 Å². The van der Waals surface area contributed by atoms with Gasteiger partial charge >= 0.3 is 0 Å². The Morgan fingerprint density at radius 1 is 1.17 bits per heavy atom. The SMILES string of the molecule is Cc1ccc(O)c(CNCc2cnccc2C)n1. The lowest BCUT2D eigenvalue weighted by molar-refractivity contribution is 0.459. The van der Waals surface area contributed by atoms with Gasteiger partial charge in [-0.1, -0.05) is 0 Å². The predicted octanol–water partition coefficient (Wildman–Crippen LogP) is 2.09. The Morgan fingerprint density at radius 2 is 2.00 bits per heavy atom. The van der Waals surface area contributed by atoms with E-state index in [9.17, 15) is 5.11 Å². The average molecular weight is 243 g/mol. The number of aryl methyl sites for hydroxylation is 2. The summed E-state index contributed by atoms with van der Waals surface area (Å²) in [5.74, 6) is 0.232. The number of hydrogen-bond donors (Lipinski definition) is 2. The van der Waals surface area contributed by atoms with Crippen molar-refractivity contribution >= 4 is 0 Å². The third kappa shape index (κ3) is 3.05. The van der Waals surface area contributed by atoms with Crippen LogP contribution < -0.4 is 5.32 Å². The molecule has 0 spiro atoms. The topological polar surface area (TPSA) is 58.0 Å². The van der Waals surface area contributed by atoms with Crippen LogP contribution in [0, 0.1) is 13.8 Å². The molecule has 2 aromatic rings. The summed E-state index contributed by atoms with van der Waals surface area (Å²) < 4.78 is 0. The highest BCUT2D eigenvalue weighted by Crippen LogP contribution is 2.14. The van der Waals surface area contributed by atoms with Gasteiger partial charge in [-0.2, -0.15) is 0 Å². The maximum absolute atomic E-state index is 9.67. The Morgan fingerprint density at radius 3 is 2.78 bits per heavy atom. The summed E-state index contributed by atoms with van der Waals surface area (Å²) in [7, 11) is 0. The molecule has 0 saturated heterocycles. The lowest BCUT2D eigenvalue weighted by atomic mass is 10.1. The van der Waals surface area contributed by atoms with Crippen LogP contribution in [-0.2, 0) is 13.1 Å². The van der Waals surface area contributed by atoms with E-state index in [4.69, 9.17) is 0 Å². The van der Waals surface area contributed by atoms with Crippen molar-refractivity contribution < 1.29 is 5.11 Å². The van der Waals surface area contributed by atoms with Crippen molar-refractivity contribution in [3.63, 3.8) is 0 Å². The van der Waals surface area contributed by atoms with Gasteiger partial charge < -0.3 is 10.4 Å². The van der Waals surface area contributed by atoms with Crippen LogP contribution in [0.15, 0.2) is 30.6 Å². The van der Waals surface area contributed by atoms with E-state index in [2.05, 4.69) is 22.2 Å². The number of aromatic hydroxyl groups is 1. The highest BCUT2D eigenvalue weighted by Gasteiger charge is 2.03. The van der Waals surface area contributed by atoms with E-state index >= 15 is 0 Å². The monoisotopic (exact) mass is 243 g/mol. The second-order valence-corrected chi connectivity index (χ2v) is 4.32. The first-order valence-electron chi connectivity index (χ1n) is 5.92. The molecule has 0 aliphatic rings. The van der Waals surface area contributed by atoms with Gasteiger partial charge in [0.2, 0.25) is 0 Å². The van der Waals surface area contributed by atoms with Gasteiger partial charge in [-0.25, -0.2) is 0 Å². The Bertz CT molecular complexity index is 540. The molecule has 18 heavy (non-hydrogen) atoms. The summed E-state index contributed by atoms with van der Waals surface area (Å²) >= 11 is 0. The molecule has 0 aliphatic carbocycles. The van der Waals surface area contributed by atoms with Crippen molar-refractivity contribution in [2.45, 2.75) is 26.9 Å². The maximum Gasteiger partial charge on any atom is 0.138 e. The minimum absolute atomic E-state index is 0.232. The molecule has 0 fully saturated rings. The highest BCUT2D eigenvalue weighted by molar-refractivity contribution is 5.27. The minimum atomic E-state index is 0.232. The molecule has 4 nitrogen and oxygen atoms in total. The molecule has 2 aromatic heterocycles. The van der Waals surface area contributed by atoms with E-state index in [1.54, 1.807) is 18.3 Å². The number of hydrogen-bond acceptors (Lipinski definition) is 4. The van der Waals surface area contributed by atoms with Crippen molar-refractivity contribution in [3.8, 4) is 5.75 Å². The molecule has 0 aromatic carbocycles. The molecule has 4 heteroatoms. The summed E-state index contributed by atoms with van der Waals surface area (Å²) in [5.41, 5.74) is 3.95. The van der Waals surface area contributed by atoms with Gasteiger partial charge in [-0.3, -0.25) is 9.97 Å². The van der Waals surface area contributed by atoms with Gasteiger partial charge in [-0.05, 0) is 43.2 Å². The van der Waals surface area contributed by atoms with Crippen LogP contribution in [0.5, 0.6) is 5.75 Å². The Balaban J connectivity index is 1.96. The van der Waals surface area contributed by atoms with Crippen molar-refractivity contribution in [3.05, 3.63) is 53.1 Å². The van der Waals surface area contributed by atoms with Crippen LogP contribution in [0.1, 0.15) is 22.5 Å². The van der Waals surface area contributed by atoms with Gasteiger partial charge in [0.25, 0.3) is 0 Å². The quantitative estimate of drug-likeness (QED) is 0.863. The number of pyridine rings is 2. The number of nitrogens with one attached hydrogen (secondary N) is 1. The second-order valence-electron chi connectivity index (χ2n) is 4.32. The fourth-order valence-corrected chi connectivity index (χ4v) is 1.73. The number of nitrogens with zero attached hydrogens (tertiary/aromatic N) is 2. The van der Waals surface area contributed by atoms with E-state index in [-0.39, 0.29) is 5.75 Å². The molecule has 2 N–H and O–H groups in total. The van der Waals surface area contributed by atoms with Gasteiger partial charge in [0.05, 0.1) is 5.69 Å². The highest BCUT2D eigenvalue weighted by atomic mass is 16.3. The number of rotatable bonds is 4. The fourth-order valence-electron chi connectivity index (χ4n) is 1.73. The summed E-state index contributed by atoms with van der Waals surface area (Å²) in [6.07, 6.45) is 3.64. The van der Waals surface area contributed by atoms with Gasteiger partial charge in [-0.15, -0.1) is 0 Å². The van der Waals surface area contributed by atoms with Crippen molar-refractivity contribution in [2.24, 2.45) is 0 Å². The van der Waals surface area contributed by atoms with Gasteiger partial charge in [0.15, 0.2) is 0 Å². The summed E-state index contributed by atoms with van der Waals surface area (Å²) in [6.45, 7) is 5.23. The Labute approximate surface area is 107 Å². The lowest BCUT2D eigenvalue weighted by Gasteiger charge is -2.08. The van der Waals surface area contributed by atoms with Gasteiger partial charge in [0.1, 0.15) is 5.75 Å². The molecule has 2 rings (SSSR count). The first kappa shape index (κ1) is 12.5. The zero-order valence-electron chi connectivity index (χ0n) is 10.6. The second kappa shape index (κ2) is 5.60. The van der Waals surface area contributed by atoms with E-state index < -0.39 is 0 Å². The van der Waals surface area contributed by atoms with Crippen LogP contribution in [-0.4, -0.2) is 15.1 Å². The number of aromatic nitrogens is 2. The lowest BCUT2D eigenvalue weighted by Crippen LogP contribution is -2.15. The Hall–Kier alpha value is -1.94. The van der Waals surface area contributed by atoms with Crippen molar-refractivity contribution in [2.75, 3.05) is 0 Å². The summed E-state index contributed by atoms with van der Waals surface area (Å²) in [5, 5.41) is 12.9. The fraction of sp³-hybridized carbons (Fsp3) is 0.286. The van der Waals surface area contributed by atoms with E-state index in [1.807, 2.05) is 19.2 Å². The molecule has 0 bridgehead atoms. The van der Waals surface area contributed by atoms with Crippen molar-refractivity contribution in [1.29, 1.82) is 0 Å². The largest absolute Gasteiger partial charge is 0.506 e. The molecular weight excluding hydrogens is 226 g/mol. The minimum Gasteiger partial charge on any atom is -0.506 e. The van der Waals surface area contributed by atoms with Gasteiger partial charge in [0, 0.05) is 31.2 Å². The first-order chi connectivity index (χ1) is 8.66. The molecule has 0 saturated carbocycles. The summed E-state index contributed by atoms with van der Waals surface area (Å²) in [4.78, 5) is 8.40. The normalized spacial score (nSPS) is 10.6. The summed E-state index contributed by atoms with van der Waals surface area (Å²) in [6, 6.07) is 5.46. The third-order valence-electron chi connectivity index (χ3n) is 2.84. The zero-order valence-corrected chi connectivity index (χ0v) is 10.6. The van der Waals surface area contributed by atoms with Crippen LogP contribution >= 0.6 is 0 Å². The molecule has 94 valence electrons. The molecule has 0 unspecified atom stereocenters. The van der Waals surface area contributed by atoms with E-state index in [1.165, 1.54) is 5.56 Å². The maximum atomic E-state index is 9.67. The average Bonchev–Trinajstić information content (AvgIpc) is 2.36. The standard InChI is InChI=1S/C14H17N3O/c1-10-5-6-15-7-12(10)8-16-9-13-14(18)4-3-11(2)17-13/h3-7,16,18H,8-9H2,1-2H3. The Kier molecular flexibility index (Phi) is 3.89. The smallest absolute Gasteiger partial charge is 0.138 e. The predicted molar refractivity (Wildman–Crippen MR) is 70.2 cm³/mol. The molecule has 0 amide bonds. The van der Waals surface area contributed by atoms with E-state index in [0.717, 1.165) is 11.3 Å². The van der Waals surface area contributed by atoms with E-state index in [0.29, 0.717) is 18.8 Å².